The molecule has 1 aliphatic carbocycles. The number of aromatic nitrogens is 2. The zero-order valence-corrected chi connectivity index (χ0v) is 24.6. The smallest absolute Gasteiger partial charge is 0.260 e. The SMILES string of the molecule is CCOc1cc(-c2nc3sc4c(c3c(=O)[nH]2)CCC(C(C)(C)C)C4)cc(Br)c1OCc1ccccc1Cl. The molecule has 5 rings (SSSR count). The second kappa shape index (κ2) is 10.4. The van der Waals surface area contributed by atoms with Gasteiger partial charge in [-0.1, -0.05) is 50.6 Å². The molecule has 0 radical (unpaired) electrons. The fourth-order valence-electron chi connectivity index (χ4n) is 4.93. The van der Waals surface area contributed by atoms with E-state index in [9.17, 15) is 4.79 Å². The van der Waals surface area contributed by atoms with E-state index in [1.165, 1.54) is 10.4 Å². The normalized spacial score (nSPS) is 15.6. The van der Waals surface area contributed by atoms with E-state index in [0.717, 1.165) is 40.6 Å². The predicted octanol–water partition coefficient (Wildman–Crippen LogP) is 8.20. The number of halogens is 2. The molecule has 4 aromatic rings. The van der Waals surface area contributed by atoms with E-state index in [1.807, 2.05) is 43.3 Å². The number of nitrogens with zero attached hydrogens (tertiary/aromatic N) is 1. The number of ether oxygens (including phenoxy) is 2. The third-order valence-corrected chi connectivity index (χ3v) is 9.16. The summed E-state index contributed by atoms with van der Waals surface area (Å²) in [5, 5.41) is 1.40. The standard InChI is InChI=1S/C29H30BrClN2O3S/c1-5-35-22-13-17(12-20(30)25(22)36-15-16-8-6-7-9-21(16)31)26-32-27(34)24-19-11-10-18(29(2,3)4)14-23(19)37-28(24)33-26/h6-9,12-13,18H,5,10-11,14-15H2,1-4H3,(H,32,33,34). The Labute approximate surface area is 234 Å². The van der Waals surface area contributed by atoms with Crippen molar-refractivity contribution >= 4 is 49.1 Å². The molecule has 0 saturated heterocycles. The molecule has 2 aromatic carbocycles. The van der Waals surface area contributed by atoms with Crippen LogP contribution in [-0.2, 0) is 19.4 Å². The number of nitrogens with one attached hydrogen (secondary N) is 1. The highest BCUT2D eigenvalue weighted by molar-refractivity contribution is 9.10. The minimum atomic E-state index is -0.0835. The van der Waals surface area contributed by atoms with Gasteiger partial charge in [-0.2, -0.15) is 0 Å². The number of rotatable bonds is 6. The quantitative estimate of drug-likeness (QED) is 0.242. The van der Waals surface area contributed by atoms with Crippen molar-refractivity contribution in [3.05, 3.63) is 72.3 Å². The fraction of sp³-hybridized carbons (Fsp3) is 0.379. The summed E-state index contributed by atoms with van der Waals surface area (Å²) in [6.45, 7) is 9.59. The highest BCUT2D eigenvalue weighted by Crippen LogP contribution is 2.43. The van der Waals surface area contributed by atoms with Crippen LogP contribution in [0.1, 0.15) is 50.1 Å². The molecule has 8 heteroatoms. The lowest BCUT2D eigenvalue weighted by molar-refractivity contribution is 0.218. The van der Waals surface area contributed by atoms with Gasteiger partial charge in [0, 0.05) is 21.0 Å². The molecule has 0 saturated carbocycles. The summed E-state index contributed by atoms with van der Waals surface area (Å²) < 4.78 is 12.7. The van der Waals surface area contributed by atoms with Gasteiger partial charge in [-0.3, -0.25) is 4.79 Å². The van der Waals surface area contributed by atoms with Crippen LogP contribution in [0, 0.1) is 11.3 Å². The third kappa shape index (κ3) is 5.31. The Kier molecular flexibility index (Phi) is 7.40. The van der Waals surface area contributed by atoms with E-state index in [-0.39, 0.29) is 11.0 Å². The lowest BCUT2D eigenvalue weighted by atomic mass is 9.72. The van der Waals surface area contributed by atoms with Crippen molar-refractivity contribution in [3.63, 3.8) is 0 Å². The van der Waals surface area contributed by atoms with Crippen LogP contribution < -0.4 is 15.0 Å². The summed E-state index contributed by atoms with van der Waals surface area (Å²) in [6.07, 6.45) is 3.04. The minimum Gasteiger partial charge on any atom is -0.490 e. The van der Waals surface area contributed by atoms with Gasteiger partial charge in [0.1, 0.15) is 17.3 Å². The first-order chi connectivity index (χ1) is 17.7. The number of benzene rings is 2. The molecule has 1 N–H and O–H groups in total. The zero-order valence-electron chi connectivity index (χ0n) is 21.4. The van der Waals surface area contributed by atoms with E-state index in [2.05, 4.69) is 41.7 Å². The van der Waals surface area contributed by atoms with Crippen molar-refractivity contribution in [2.24, 2.45) is 11.3 Å². The van der Waals surface area contributed by atoms with E-state index in [0.29, 0.717) is 46.0 Å². The van der Waals surface area contributed by atoms with Crippen LogP contribution in [0.15, 0.2) is 45.7 Å². The Morgan fingerprint density at radius 2 is 2.00 bits per heavy atom. The number of H-pyrrole nitrogens is 1. The van der Waals surface area contributed by atoms with Crippen molar-refractivity contribution in [2.45, 2.75) is 53.6 Å². The van der Waals surface area contributed by atoms with Crippen molar-refractivity contribution in [2.75, 3.05) is 6.61 Å². The Balaban J connectivity index is 1.50. The Morgan fingerprint density at radius 1 is 1.22 bits per heavy atom. The zero-order chi connectivity index (χ0) is 26.3. The lowest BCUT2D eigenvalue weighted by Crippen LogP contribution is -2.26. The highest BCUT2D eigenvalue weighted by Gasteiger charge is 2.31. The topological polar surface area (TPSA) is 64.2 Å². The average Bonchev–Trinajstić information content (AvgIpc) is 3.22. The summed E-state index contributed by atoms with van der Waals surface area (Å²) in [6, 6.07) is 11.3. The molecular weight excluding hydrogens is 572 g/mol. The average molecular weight is 602 g/mol. The number of hydrogen-bond donors (Lipinski definition) is 1. The molecule has 1 unspecified atom stereocenters. The van der Waals surface area contributed by atoms with E-state index < -0.39 is 0 Å². The molecule has 0 bridgehead atoms. The van der Waals surface area contributed by atoms with E-state index in [4.69, 9.17) is 26.1 Å². The van der Waals surface area contributed by atoms with E-state index >= 15 is 0 Å². The van der Waals surface area contributed by atoms with Gasteiger partial charge in [-0.15, -0.1) is 11.3 Å². The first-order valence-electron chi connectivity index (χ1n) is 12.5. The third-order valence-electron chi connectivity index (χ3n) is 7.06. The molecule has 0 aliphatic heterocycles. The Bertz CT molecular complexity index is 1520. The molecule has 1 aliphatic rings. The maximum Gasteiger partial charge on any atom is 0.260 e. The second-order valence-corrected chi connectivity index (χ2v) is 12.8. The van der Waals surface area contributed by atoms with Crippen LogP contribution in [-0.4, -0.2) is 16.6 Å². The van der Waals surface area contributed by atoms with Gasteiger partial charge in [0.25, 0.3) is 5.56 Å². The molecule has 2 aromatic heterocycles. The predicted molar refractivity (Wildman–Crippen MR) is 155 cm³/mol. The van der Waals surface area contributed by atoms with Crippen molar-refractivity contribution in [1.82, 2.24) is 9.97 Å². The molecule has 0 spiro atoms. The first-order valence-corrected chi connectivity index (χ1v) is 14.5. The van der Waals surface area contributed by atoms with Gasteiger partial charge in [0.15, 0.2) is 11.5 Å². The van der Waals surface area contributed by atoms with Gasteiger partial charge < -0.3 is 14.5 Å². The molecule has 1 atom stereocenters. The maximum atomic E-state index is 13.3. The van der Waals surface area contributed by atoms with Gasteiger partial charge in [0.2, 0.25) is 0 Å². The molecule has 5 nitrogen and oxygen atoms in total. The van der Waals surface area contributed by atoms with Gasteiger partial charge in [0.05, 0.1) is 16.5 Å². The Morgan fingerprint density at radius 3 is 2.73 bits per heavy atom. The second-order valence-electron chi connectivity index (χ2n) is 10.5. The number of aromatic amines is 1. The van der Waals surface area contributed by atoms with Crippen molar-refractivity contribution < 1.29 is 9.47 Å². The van der Waals surface area contributed by atoms with Crippen LogP contribution in [0.5, 0.6) is 11.5 Å². The van der Waals surface area contributed by atoms with E-state index in [1.54, 1.807) is 11.3 Å². The first kappa shape index (κ1) is 26.3. The van der Waals surface area contributed by atoms with Crippen LogP contribution in [0.2, 0.25) is 5.02 Å². The van der Waals surface area contributed by atoms with Crippen LogP contribution in [0.25, 0.3) is 21.6 Å². The summed E-state index contributed by atoms with van der Waals surface area (Å²) in [5.41, 5.74) is 2.98. The number of fused-ring (bicyclic) bond motifs is 3. The van der Waals surface area contributed by atoms with Gasteiger partial charge in [-0.05, 0) is 77.2 Å². The van der Waals surface area contributed by atoms with Crippen LogP contribution in [0.4, 0.5) is 0 Å². The molecule has 37 heavy (non-hydrogen) atoms. The number of hydrogen-bond acceptors (Lipinski definition) is 5. The van der Waals surface area contributed by atoms with Crippen molar-refractivity contribution in [3.8, 4) is 22.9 Å². The largest absolute Gasteiger partial charge is 0.490 e. The van der Waals surface area contributed by atoms with Crippen LogP contribution in [0.3, 0.4) is 0 Å². The highest BCUT2D eigenvalue weighted by atomic mass is 79.9. The maximum absolute atomic E-state index is 13.3. The molecule has 0 amide bonds. The summed E-state index contributed by atoms with van der Waals surface area (Å²) in [5.74, 6) is 2.27. The van der Waals surface area contributed by atoms with Gasteiger partial charge in [-0.25, -0.2) is 4.98 Å². The Hall–Kier alpha value is -2.35. The lowest BCUT2D eigenvalue weighted by Gasteiger charge is -2.33. The molecular formula is C29H30BrClN2O3S. The fourth-order valence-corrected chi connectivity index (χ4v) is 6.98. The minimum absolute atomic E-state index is 0.0835. The molecule has 2 heterocycles. The summed E-state index contributed by atoms with van der Waals surface area (Å²) in [4.78, 5) is 23.3. The van der Waals surface area contributed by atoms with Crippen molar-refractivity contribution in [1.29, 1.82) is 0 Å². The monoisotopic (exact) mass is 600 g/mol. The molecule has 0 fully saturated rings. The summed E-state index contributed by atoms with van der Waals surface area (Å²) in [7, 11) is 0. The van der Waals surface area contributed by atoms with Crippen LogP contribution >= 0.6 is 38.9 Å². The number of aryl methyl sites for hydroxylation is 1. The molecule has 194 valence electrons. The number of thiophene rings is 1. The van der Waals surface area contributed by atoms with Gasteiger partial charge >= 0.3 is 0 Å². The summed E-state index contributed by atoms with van der Waals surface area (Å²) >= 11 is 11.6.